The summed E-state index contributed by atoms with van der Waals surface area (Å²) in [4.78, 5) is 12.2. The molecular formula is C20H26N2O2. The Hall–Kier alpha value is -2.33. The lowest BCUT2D eigenvalue weighted by Crippen LogP contribution is -2.42. The second-order valence-corrected chi connectivity index (χ2v) is 6.01. The van der Waals surface area contributed by atoms with Crippen molar-refractivity contribution in [3.05, 3.63) is 54.6 Å². The highest BCUT2D eigenvalue weighted by Crippen LogP contribution is 2.22. The van der Waals surface area contributed by atoms with Gasteiger partial charge in [-0.3, -0.25) is 4.79 Å². The van der Waals surface area contributed by atoms with Crippen LogP contribution in [0.2, 0.25) is 0 Å². The molecule has 0 saturated carbocycles. The molecule has 24 heavy (non-hydrogen) atoms. The van der Waals surface area contributed by atoms with Crippen LogP contribution in [-0.4, -0.2) is 18.0 Å². The van der Waals surface area contributed by atoms with Crippen LogP contribution in [0.4, 0.5) is 5.69 Å². The Morgan fingerprint density at radius 3 is 2.25 bits per heavy atom. The molecule has 0 aliphatic rings. The van der Waals surface area contributed by atoms with E-state index >= 15 is 0 Å². The van der Waals surface area contributed by atoms with Crippen molar-refractivity contribution >= 4 is 11.6 Å². The zero-order valence-corrected chi connectivity index (χ0v) is 14.6. The molecule has 0 bridgehead atoms. The topological polar surface area (TPSA) is 50.4 Å². The second-order valence-electron chi connectivity index (χ2n) is 6.01. The molecule has 0 radical (unpaired) electrons. The summed E-state index contributed by atoms with van der Waals surface area (Å²) in [6, 6.07) is 17.1. The molecule has 2 N–H and O–H groups in total. The Morgan fingerprint density at radius 1 is 1.00 bits per heavy atom. The van der Waals surface area contributed by atoms with E-state index in [2.05, 4.69) is 24.5 Å². The van der Waals surface area contributed by atoms with Gasteiger partial charge < -0.3 is 15.4 Å². The van der Waals surface area contributed by atoms with E-state index in [1.54, 1.807) is 0 Å². The van der Waals surface area contributed by atoms with Crippen molar-refractivity contribution in [2.45, 2.75) is 45.7 Å². The number of anilines is 1. The predicted octanol–water partition coefficient (Wildman–Crippen LogP) is 4.58. The van der Waals surface area contributed by atoms with Gasteiger partial charge in [0.05, 0.1) is 6.04 Å². The Kier molecular flexibility index (Phi) is 6.82. The Labute approximate surface area is 144 Å². The SMILES string of the molecule is CCC[C@@H](C)N[C@H](C)C(=O)Nc1ccc(Oc2ccccc2)cc1. The predicted molar refractivity (Wildman–Crippen MR) is 98.6 cm³/mol. The number of carbonyl (C=O) groups is 1. The van der Waals surface area contributed by atoms with Crippen LogP contribution in [0, 0.1) is 0 Å². The van der Waals surface area contributed by atoms with Crippen LogP contribution in [0.5, 0.6) is 11.5 Å². The first-order chi connectivity index (χ1) is 11.6. The van der Waals surface area contributed by atoms with E-state index in [0.717, 1.165) is 30.0 Å². The third-order valence-corrected chi connectivity index (χ3v) is 3.75. The normalized spacial score (nSPS) is 13.1. The molecule has 0 saturated heterocycles. The van der Waals surface area contributed by atoms with Gasteiger partial charge in [-0.05, 0) is 56.7 Å². The minimum absolute atomic E-state index is 0.0327. The Balaban J connectivity index is 1.88. The lowest BCUT2D eigenvalue weighted by Gasteiger charge is -2.19. The van der Waals surface area contributed by atoms with Gasteiger partial charge in [0, 0.05) is 11.7 Å². The van der Waals surface area contributed by atoms with Crippen molar-refractivity contribution in [2.75, 3.05) is 5.32 Å². The molecule has 0 aliphatic carbocycles. The molecule has 128 valence electrons. The van der Waals surface area contributed by atoms with Crippen LogP contribution in [0.25, 0.3) is 0 Å². The van der Waals surface area contributed by atoms with Gasteiger partial charge in [0.2, 0.25) is 5.91 Å². The largest absolute Gasteiger partial charge is 0.457 e. The van der Waals surface area contributed by atoms with Crippen LogP contribution >= 0.6 is 0 Å². The first-order valence-electron chi connectivity index (χ1n) is 8.48. The van der Waals surface area contributed by atoms with E-state index in [1.807, 2.05) is 61.5 Å². The number of hydrogen-bond acceptors (Lipinski definition) is 3. The number of benzene rings is 2. The van der Waals surface area contributed by atoms with E-state index < -0.39 is 0 Å². The first-order valence-corrected chi connectivity index (χ1v) is 8.48. The molecule has 2 rings (SSSR count). The molecule has 0 fully saturated rings. The highest BCUT2D eigenvalue weighted by Gasteiger charge is 2.15. The number of ether oxygens (including phenoxy) is 1. The lowest BCUT2D eigenvalue weighted by atomic mass is 10.1. The summed E-state index contributed by atoms with van der Waals surface area (Å²) in [5.41, 5.74) is 0.761. The molecule has 0 unspecified atom stereocenters. The minimum atomic E-state index is -0.230. The fraction of sp³-hybridized carbons (Fsp3) is 0.350. The monoisotopic (exact) mass is 326 g/mol. The van der Waals surface area contributed by atoms with Crippen molar-refractivity contribution in [2.24, 2.45) is 0 Å². The van der Waals surface area contributed by atoms with Crippen molar-refractivity contribution < 1.29 is 9.53 Å². The maximum Gasteiger partial charge on any atom is 0.241 e. The van der Waals surface area contributed by atoms with Gasteiger partial charge in [0.15, 0.2) is 0 Å². The van der Waals surface area contributed by atoms with Gasteiger partial charge >= 0.3 is 0 Å². The summed E-state index contributed by atoms with van der Waals surface area (Å²) in [5.74, 6) is 1.49. The average Bonchev–Trinajstić information content (AvgIpc) is 2.57. The van der Waals surface area contributed by atoms with E-state index in [0.29, 0.717) is 6.04 Å². The van der Waals surface area contributed by atoms with Gasteiger partial charge in [0.25, 0.3) is 0 Å². The van der Waals surface area contributed by atoms with Crippen LogP contribution in [0.15, 0.2) is 54.6 Å². The fourth-order valence-electron chi connectivity index (χ4n) is 2.50. The van der Waals surface area contributed by atoms with E-state index in [4.69, 9.17) is 4.74 Å². The summed E-state index contributed by atoms with van der Waals surface area (Å²) in [5, 5.41) is 6.23. The molecule has 4 nitrogen and oxygen atoms in total. The molecule has 0 heterocycles. The molecule has 0 aliphatic heterocycles. The van der Waals surface area contributed by atoms with Gasteiger partial charge in [-0.15, -0.1) is 0 Å². The zero-order valence-electron chi connectivity index (χ0n) is 14.6. The first kappa shape index (κ1) is 18.0. The summed E-state index contributed by atoms with van der Waals surface area (Å²) in [6.07, 6.45) is 2.16. The number of carbonyl (C=O) groups excluding carboxylic acids is 1. The van der Waals surface area contributed by atoms with Gasteiger partial charge in [-0.25, -0.2) is 0 Å². The maximum atomic E-state index is 12.2. The molecular weight excluding hydrogens is 300 g/mol. The zero-order chi connectivity index (χ0) is 17.4. The van der Waals surface area contributed by atoms with Crippen molar-refractivity contribution in [1.82, 2.24) is 5.32 Å². The number of rotatable bonds is 8. The fourth-order valence-corrected chi connectivity index (χ4v) is 2.50. The number of para-hydroxylation sites is 1. The Bertz CT molecular complexity index is 626. The number of hydrogen-bond donors (Lipinski definition) is 2. The molecule has 2 aromatic rings. The maximum absolute atomic E-state index is 12.2. The van der Waals surface area contributed by atoms with Gasteiger partial charge in [0.1, 0.15) is 11.5 Å². The molecule has 1 amide bonds. The van der Waals surface area contributed by atoms with Crippen molar-refractivity contribution in [1.29, 1.82) is 0 Å². The Morgan fingerprint density at radius 2 is 1.62 bits per heavy atom. The third-order valence-electron chi connectivity index (χ3n) is 3.75. The molecule has 2 atom stereocenters. The van der Waals surface area contributed by atoms with E-state index in [-0.39, 0.29) is 11.9 Å². The van der Waals surface area contributed by atoms with Crippen LogP contribution in [-0.2, 0) is 4.79 Å². The molecule has 0 spiro atoms. The summed E-state index contributed by atoms with van der Waals surface area (Å²) < 4.78 is 5.74. The molecule has 0 aromatic heterocycles. The average molecular weight is 326 g/mol. The van der Waals surface area contributed by atoms with Crippen molar-refractivity contribution in [3.8, 4) is 11.5 Å². The summed E-state index contributed by atoms with van der Waals surface area (Å²) in [7, 11) is 0. The third kappa shape index (κ3) is 5.70. The van der Waals surface area contributed by atoms with Crippen LogP contribution in [0.3, 0.4) is 0 Å². The minimum Gasteiger partial charge on any atom is -0.457 e. The number of nitrogens with one attached hydrogen (secondary N) is 2. The smallest absolute Gasteiger partial charge is 0.241 e. The van der Waals surface area contributed by atoms with Crippen LogP contribution in [0.1, 0.15) is 33.6 Å². The summed E-state index contributed by atoms with van der Waals surface area (Å²) >= 11 is 0. The van der Waals surface area contributed by atoms with Crippen molar-refractivity contribution in [3.63, 3.8) is 0 Å². The number of amides is 1. The lowest BCUT2D eigenvalue weighted by molar-refractivity contribution is -0.117. The highest BCUT2D eigenvalue weighted by atomic mass is 16.5. The summed E-state index contributed by atoms with van der Waals surface area (Å²) in [6.45, 7) is 6.12. The van der Waals surface area contributed by atoms with E-state index in [9.17, 15) is 4.79 Å². The van der Waals surface area contributed by atoms with Gasteiger partial charge in [-0.2, -0.15) is 0 Å². The molecule has 2 aromatic carbocycles. The van der Waals surface area contributed by atoms with Crippen LogP contribution < -0.4 is 15.4 Å². The quantitative estimate of drug-likeness (QED) is 0.746. The standard InChI is InChI=1S/C20H26N2O2/c1-4-8-15(2)21-16(3)20(23)22-17-11-13-19(14-12-17)24-18-9-6-5-7-10-18/h5-7,9-16,21H,4,8H2,1-3H3,(H,22,23)/t15-,16-/m1/s1. The molecule has 4 heteroatoms. The second kappa shape index (κ2) is 9.08. The highest BCUT2D eigenvalue weighted by molar-refractivity contribution is 5.94. The van der Waals surface area contributed by atoms with E-state index in [1.165, 1.54) is 0 Å². The van der Waals surface area contributed by atoms with Gasteiger partial charge in [-0.1, -0.05) is 31.5 Å².